The standard InChI is InChI=1S/C10H10N2O6S.C9H9N3O2/c13-10-2-1-5-11(10)8-4-3-7(19(16,17)18)6-9(8)12(14)15;1-14-9(13)12-8-10-6-4-2-3-5-7(6)11-8/h3-4,6H,1-2,5H2,(H,16,17,18);2-5H,1H3,(H2,10,11,12,13). The molecule has 14 heteroatoms. The van der Waals surface area contributed by atoms with Crippen LogP contribution in [0.2, 0.25) is 0 Å². The van der Waals surface area contributed by atoms with Crippen LogP contribution in [0.1, 0.15) is 12.8 Å². The van der Waals surface area contributed by atoms with Gasteiger partial charge in [0, 0.05) is 19.0 Å². The van der Waals surface area contributed by atoms with Gasteiger partial charge in [-0.2, -0.15) is 8.42 Å². The SMILES string of the molecule is COC(=O)Nc1nc2ccccc2[nH]1.O=C1CCCN1c1ccc(S(=O)(=O)O)cc1[N+](=O)[O-]. The zero-order valence-corrected chi connectivity index (χ0v) is 18.0. The monoisotopic (exact) mass is 477 g/mol. The van der Waals surface area contributed by atoms with E-state index < -0.39 is 31.7 Å². The average molecular weight is 477 g/mol. The number of nitro benzene ring substituents is 1. The van der Waals surface area contributed by atoms with Gasteiger partial charge in [0.15, 0.2) is 0 Å². The number of para-hydroxylation sites is 2. The number of ether oxygens (including phenoxy) is 1. The summed E-state index contributed by atoms with van der Waals surface area (Å²) in [6, 6.07) is 10.4. The molecule has 3 aromatic rings. The normalized spacial score (nSPS) is 13.4. The number of carbonyl (C=O) groups excluding carboxylic acids is 2. The minimum absolute atomic E-state index is 0.0416. The van der Waals surface area contributed by atoms with Gasteiger partial charge in [0.2, 0.25) is 11.9 Å². The number of aromatic nitrogens is 2. The van der Waals surface area contributed by atoms with Crippen LogP contribution in [0.3, 0.4) is 0 Å². The second-order valence-corrected chi connectivity index (χ2v) is 8.17. The predicted octanol–water partition coefficient (Wildman–Crippen LogP) is 2.71. The van der Waals surface area contributed by atoms with E-state index in [9.17, 15) is 28.1 Å². The number of methoxy groups -OCH3 is 1. The van der Waals surface area contributed by atoms with Crippen molar-refractivity contribution in [3.05, 3.63) is 52.6 Å². The number of carbonyl (C=O) groups is 2. The fraction of sp³-hybridized carbons (Fsp3) is 0.211. The Hall–Kier alpha value is -4.04. The van der Waals surface area contributed by atoms with E-state index in [0.717, 1.165) is 29.2 Å². The van der Waals surface area contributed by atoms with Crippen LogP contribution in [0.15, 0.2) is 47.4 Å². The molecule has 0 atom stereocenters. The summed E-state index contributed by atoms with van der Waals surface area (Å²) in [5.74, 6) is 0.140. The zero-order valence-electron chi connectivity index (χ0n) is 17.2. The fourth-order valence-electron chi connectivity index (χ4n) is 3.10. The number of nitrogens with zero attached hydrogens (tertiary/aromatic N) is 3. The number of fused-ring (bicyclic) bond motifs is 1. The van der Waals surface area contributed by atoms with Crippen molar-refractivity contribution >= 4 is 50.5 Å². The molecular weight excluding hydrogens is 458 g/mol. The first-order chi connectivity index (χ1) is 15.6. The van der Waals surface area contributed by atoms with E-state index in [-0.39, 0.29) is 11.6 Å². The first-order valence-electron chi connectivity index (χ1n) is 9.46. The van der Waals surface area contributed by atoms with Crippen LogP contribution in [0.5, 0.6) is 0 Å². The Morgan fingerprint density at radius 2 is 2.03 bits per heavy atom. The van der Waals surface area contributed by atoms with Crippen molar-refractivity contribution in [2.24, 2.45) is 0 Å². The summed E-state index contributed by atoms with van der Waals surface area (Å²) >= 11 is 0. The molecule has 1 aromatic heterocycles. The van der Waals surface area contributed by atoms with Gasteiger partial charge in [-0.05, 0) is 30.7 Å². The summed E-state index contributed by atoms with van der Waals surface area (Å²) in [6.07, 6.45) is 0.358. The molecule has 0 saturated carbocycles. The Balaban J connectivity index is 0.000000194. The number of nitrogens with one attached hydrogen (secondary N) is 2. The first-order valence-corrected chi connectivity index (χ1v) is 10.9. The predicted molar refractivity (Wildman–Crippen MR) is 117 cm³/mol. The number of hydrogen-bond acceptors (Lipinski definition) is 8. The molecule has 2 aromatic carbocycles. The Labute approximate surface area is 187 Å². The van der Waals surface area contributed by atoms with Crippen LogP contribution >= 0.6 is 0 Å². The number of hydrogen-bond donors (Lipinski definition) is 3. The number of aromatic amines is 1. The highest BCUT2D eigenvalue weighted by atomic mass is 32.2. The van der Waals surface area contributed by atoms with Gasteiger partial charge in [0.25, 0.3) is 15.8 Å². The molecule has 1 aliphatic heterocycles. The minimum atomic E-state index is -4.52. The molecule has 4 rings (SSSR count). The number of nitro groups is 1. The molecule has 0 bridgehead atoms. The van der Waals surface area contributed by atoms with E-state index in [1.165, 1.54) is 12.0 Å². The Bertz CT molecular complexity index is 1290. The van der Waals surface area contributed by atoms with E-state index in [2.05, 4.69) is 20.0 Å². The van der Waals surface area contributed by atoms with Crippen molar-refractivity contribution in [1.82, 2.24) is 9.97 Å². The summed E-state index contributed by atoms with van der Waals surface area (Å²) in [5, 5.41) is 13.4. The van der Waals surface area contributed by atoms with Gasteiger partial charge in [-0.15, -0.1) is 0 Å². The fourth-order valence-corrected chi connectivity index (χ4v) is 3.60. The number of benzene rings is 2. The summed E-state index contributed by atoms with van der Waals surface area (Å²) in [5.41, 5.74) is 1.20. The zero-order chi connectivity index (χ0) is 24.2. The lowest BCUT2D eigenvalue weighted by atomic mass is 10.2. The smallest absolute Gasteiger partial charge is 0.413 e. The largest absolute Gasteiger partial charge is 0.453 e. The Morgan fingerprint density at radius 3 is 2.61 bits per heavy atom. The van der Waals surface area contributed by atoms with Crippen LogP contribution in [0, 0.1) is 10.1 Å². The molecule has 0 unspecified atom stereocenters. The lowest BCUT2D eigenvalue weighted by Crippen LogP contribution is -2.24. The summed E-state index contributed by atoms with van der Waals surface area (Å²) in [7, 11) is -3.22. The lowest BCUT2D eigenvalue weighted by molar-refractivity contribution is -0.384. The van der Waals surface area contributed by atoms with Crippen molar-refractivity contribution in [3.63, 3.8) is 0 Å². The average Bonchev–Trinajstić information content (AvgIpc) is 3.38. The molecule has 174 valence electrons. The summed E-state index contributed by atoms with van der Waals surface area (Å²) in [4.78, 5) is 40.3. The van der Waals surface area contributed by atoms with Crippen LogP contribution < -0.4 is 10.2 Å². The third-order valence-corrected chi connectivity index (χ3v) is 5.45. The number of rotatable bonds is 4. The van der Waals surface area contributed by atoms with Gasteiger partial charge >= 0.3 is 6.09 Å². The van der Waals surface area contributed by atoms with Crippen LogP contribution in [0.25, 0.3) is 11.0 Å². The van der Waals surface area contributed by atoms with Gasteiger partial charge in [-0.1, -0.05) is 12.1 Å². The number of amides is 2. The van der Waals surface area contributed by atoms with Crippen molar-refractivity contribution in [2.75, 3.05) is 23.9 Å². The maximum atomic E-state index is 11.6. The Kier molecular flexibility index (Phi) is 6.89. The van der Waals surface area contributed by atoms with Crippen molar-refractivity contribution in [2.45, 2.75) is 17.7 Å². The number of imidazole rings is 1. The van der Waals surface area contributed by atoms with Crippen LogP contribution in [0.4, 0.5) is 22.1 Å². The number of H-pyrrole nitrogens is 1. The molecule has 0 radical (unpaired) electrons. The van der Waals surface area contributed by atoms with Crippen LogP contribution in [-0.4, -0.2) is 53.5 Å². The second kappa shape index (κ2) is 9.62. The van der Waals surface area contributed by atoms with Crippen molar-refractivity contribution < 1.29 is 32.2 Å². The maximum Gasteiger partial charge on any atom is 0.413 e. The first kappa shape index (κ1) is 23.6. The highest BCUT2D eigenvalue weighted by molar-refractivity contribution is 7.85. The van der Waals surface area contributed by atoms with Gasteiger partial charge in [-0.3, -0.25) is 24.8 Å². The topological polar surface area (TPSA) is 185 Å². The molecule has 1 saturated heterocycles. The van der Waals surface area contributed by atoms with E-state index in [0.29, 0.717) is 25.3 Å². The molecule has 0 aliphatic carbocycles. The van der Waals surface area contributed by atoms with E-state index in [4.69, 9.17) is 4.55 Å². The van der Waals surface area contributed by atoms with Crippen molar-refractivity contribution in [1.29, 1.82) is 0 Å². The lowest BCUT2D eigenvalue weighted by Gasteiger charge is -2.15. The minimum Gasteiger partial charge on any atom is -0.453 e. The van der Waals surface area contributed by atoms with E-state index in [1.807, 2.05) is 24.3 Å². The number of anilines is 2. The van der Waals surface area contributed by atoms with Crippen molar-refractivity contribution in [3.8, 4) is 0 Å². The molecule has 13 nitrogen and oxygen atoms in total. The molecule has 1 aliphatic rings. The van der Waals surface area contributed by atoms with E-state index in [1.54, 1.807) is 0 Å². The third kappa shape index (κ3) is 5.61. The molecular formula is C19H19N5O8S. The summed E-state index contributed by atoms with van der Waals surface area (Å²) < 4.78 is 35.2. The van der Waals surface area contributed by atoms with Gasteiger partial charge < -0.3 is 14.6 Å². The molecule has 0 spiro atoms. The van der Waals surface area contributed by atoms with Gasteiger partial charge in [0.05, 0.1) is 23.1 Å². The van der Waals surface area contributed by atoms with Crippen LogP contribution in [-0.2, 0) is 19.6 Å². The molecule has 2 amide bonds. The molecule has 3 N–H and O–H groups in total. The Morgan fingerprint density at radius 1 is 1.30 bits per heavy atom. The molecule has 1 fully saturated rings. The summed E-state index contributed by atoms with van der Waals surface area (Å²) in [6.45, 7) is 0.352. The molecule has 2 heterocycles. The van der Waals surface area contributed by atoms with E-state index >= 15 is 0 Å². The molecule has 33 heavy (non-hydrogen) atoms. The quantitative estimate of drug-likeness (QED) is 0.289. The van der Waals surface area contributed by atoms with Gasteiger partial charge in [-0.25, -0.2) is 9.78 Å². The third-order valence-electron chi connectivity index (χ3n) is 4.60. The highest BCUT2D eigenvalue weighted by Gasteiger charge is 2.29. The second-order valence-electron chi connectivity index (χ2n) is 6.75. The maximum absolute atomic E-state index is 11.6. The van der Waals surface area contributed by atoms with Gasteiger partial charge in [0.1, 0.15) is 10.6 Å². The highest BCUT2D eigenvalue weighted by Crippen LogP contribution is 2.33.